The van der Waals surface area contributed by atoms with Crippen molar-refractivity contribution in [1.82, 2.24) is 15.2 Å². The Hall–Kier alpha value is -3.89. The van der Waals surface area contributed by atoms with Gasteiger partial charge in [-0.25, -0.2) is 9.59 Å². The van der Waals surface area contributed by atoms with Crippen molar-refractivity contribution >= 4 is 28.9 Å². The van der Waals surface area contributed by atoms with Gasteiger partial charge in [0.05, 0.1) is 18.3 Å². The number of benzene rings is 2. The van der Waals surface area contributed by atoms with Crippen LogP contribution in [0.25, 0.3) is 10.9 Å². The van der Waals surface area contributed by atoms with Gasteiger partial charge in [0.1, 0.15) is 18.8 Å². The van der Waals surface area contributed by atoms with E-state index in [1.807, 2.05) is 61.5 Å². The minimum Gasteiger partial charge on any atom is -0.459 e. The van der Waals surface area contributed by atoms with Gasteiger partial charge in [-0.1, -0.05) is 68.3 Å². The molecule has 6 N–H and O–H groups in total. The first kappa shape index (κ1) is 29.1. The molecule has 3 aromatic rings. The van der Waals surface area contributed by atoms with Crippen LogP contribution in [0.15, 0.2) is 54.6 Å². The third-order valence-electron chi connectivity index (χ3n) is 7.15. The van der Waals surface area contributed by atoms with Crippen LogP contribution in [0.2, 0.25) is 0 Å². The summed E-state index contributed by atoms with van der Waals surface area (Å²) in [5.41, 5.74) is 14.9. The SMILES string of the molecule is CCCCOC(=O)N1C(C(=O)OCc2ccccc2)Cc2c([nH]c3ccccc23)C1NC(=O)C(N)CCCCN. The number of carbonyl (C=O) groups is 3. The van der Waals surface area contributed by atoms with Crippen molar-refractivity contribution in [2.45, 2.75) is 70.3 Å². The summed E-state index contributed by atoms with van der Waals surface area (Å²) in [6, 6.07) is 15.2. The van der Waals surface area contributed by atoms with Crippen molar-refractivity contribution in [3.63, 3.8) is 0 Å². The lowest BCUT2D eigenvalue weighted by molar-refractivity contribution is -0.153. The number of para-hydroxylation sites is 1. The maximum atomic E-state index is 13.6. The summed E-state index contributed by atoms with van der Waals surface area (Å²) in [6.07, 6.45) is 1.88. The fraction of sp³-hybridized carbons (Fsp3) is 0.433. The summed E-state index contributed by atoms with van der Waals surface area (Å²) in [7, 11) is 0. The van der Waals surface area contributed by atoms with Gasteiger partial charge in [-0.05, 0) is 43.0 Å². The molecule has 0 bridgehead atoms. The van der Waals surface area contributed by atoms with Crippen LogP contribution in [0.1, 0.15) is 62.0 Å². The molecule has 0 saturated heterocycles. The highest BCUT2D eigenvalue weighted by atomic mass is 16.6. The number of unbranched alkanes of at least 4 members (excludes halogenated alkanes) is 2. The van der Waals surface area contributed by atoms with E-state index in [1.54, 1.807) is 0 Å². The molecule has 3 atom stereocenters. The maximum absolute atomic E-state index is 13.6. The third kappa shape index (κ3) is 6.81. The van der Waals surface area contributed by atoms with E-state index in [9.17, 15) is 14.4 Å². The Morgan fingerprint density at radius 2 is 1.80 bits per heavy atom. The van der Waals surface area contributed by atoms with Crippen molar-refractivity contribution in [1.29, 1.82) is 0 Å². The Balaban J connectivity index is 1.69. The van der Waals surface area contributed by atoms with Crippen molar-refractivity contribution in [3.05, 3.63) is 71.4 Å². The van der Waals surface area contributed by atoms with Crippen molar-refractivity contribution in [2.24, 2.45) is 11.5 Å². The molecule has 2 amide bonds. The van der Waals surface area contributed by atoms with Crippen molar-refractivity contribution in [3.8, 4) is 0 Å². The fourth-order valence-electron chi connectivity index (χ4n) is 4.94. The molecule has 2 heterocycles. The van der Waals surface area contributed by atoms with E-state index in [-0.39, 0.29) is 19.6 Å². The average Bonchev–Trinajstić information content (AvgIpc) is 3.35. The first-order valence-corrected chi connectivity index (χ1v) is 14.0. The Labute approximate surface area is 234 Å². The average molecular weight is 550 g/mol. The largest absolute Gasteiger partial charge is 0.459 e. The van der Waals surface area contributed by atoms with Crippen molar-refractivity contribution < 1.29 is 23.9 Å². The molecule has 3 unspecified atom stereocenters. The number of esters is 1. The normalized spacial score (nSPS) is 17.2. The third-order valence-corrected chi connectivity index (χ3v) is 7.15. The van der Waals surface area contributed by atoms with E-state index in [0.717, 1.165) is 34.9 Å². The van der Waals surface area contributed by atoms with Crippen LogP contribution >= 0.6 is 0 Å². The molecule has 40 heavy (non-hydrogen) atoms. The van der Waals surface area contributed by atoms with Gasteiger partial charge in [0.25, 0.3) is 0 Å². The molecule has 2 aromatic carbocycles. The number of amides is 2. The van der Waals surface area contributed by atoms with E-state index in [2.05, 4.69) is 10.3 Å². The number of aromatic amines is 1. The molecule has 0 aliphatic carbocycles. The number of ether oxygens (including phenoxy) is 2. The standard InChI is InChI=1S/C30H39N5O5/c1-2-3-17-39-30(38)35-25(29(37)40-19-20-11-5-4-6-12-20)18-22-21-13-7-8-15-24(21)33-26(22)27(35)34-28(36)23(32)14-9-10-16-31/h4-8,11-13,15,23,25,27,33H,2-3,9-10,14,16-19,31-32H2,1H3,(H,34,36). The number of aromatic nitrogens is 1. The smallest absolute Gasteiger partial charge is 0.412 e. The van der Waals surface area contributed by atoms with Crippen LogP contribution in [0.4, 0.5) is 4.79 Å². The lowest BCUT2D eigenvalue weighted by Crippen LogP contribution is -2.58. The van der Waals surface area contributed by atoms with Crippen LogP contribution in [-0.2, 0) is 32.1 Å². The van der Waals surface area contributed by atoms with Gasteiger partial charge in [-0.15, -0.1) is 0 Å². The second-order valence-corrected chi connectivity index (χ2v) is 10.1. The number of nitrogens with one attached hydrogen (secondary N) is 2. The van der Waals surface area contributed by atoms with Gasteiger partial charge < -0.3 is 31.2 Å². The molecule has 1 aromatic heterocycles. The summed E-state index contributed by atoms with van der Waals surface area (Å²) in [5, 5.41) is 3.84. The lowest BCUT2D eigenvalue weighted by atomic mass is 9.94. The predicted molar refractivity (Wildman–Crippen MR) is 152 cm³/mol. The molecule has 0 spiro atoms. The number of hydrogen-bond donors (Lipinski definition) is 4. The molecule has 0 saturated carbocycles. The summed E-state index contributed by atoms with van der Waals surface area (Å²) in [6.45, 7) is 2.75. The molecule has 1 aliphatic rings. The minimum atomic E-state index is -1.02. The van der Waals surface area contributed by atoms with E-state index in [4.69, 9.17) is 20.9 Å². The number of nitrogens with zero attached hydrogens (tertiary/aromatic N) is 1. The zero-order valence-electron chi connectivity index (χ0n) is 22.9. The second kappa shape index (κ2) is 14.0. The molecular weight excluding hydrogens is 510 g/mol. The monoisotopic (exact) mass is 549 g/mol. The van der Waals surface area contributed by atoms with Gasteiger partial charge in [-0.3, -0.25) is 9.69 Å². The Kier molecular flexibility index (Phi) is 10.2. The number of nitrogens with two attached hydrogens (primary N) is 2. The Bertz CT molecular complexity index is 1290. The highest BCUT2D eigenvalue weighted by Crippen LogP contribution is 2.37. The van der Waals surface area contributed by atoms with Gasteiger partial charge >= 0.3 is 12.1 Å². The molecule has 0 radical (unpaired) electrons. The first-order chi connectivity index (χ1) is 19.4. The molecule has 4 rings (SSSR count). The van der Waals surface area contributed by atoms with Crippen molar-refractivity contribution in [2.75, 3.05) is 13.2 Å². The van der Waals surface area contributed by atoms with E-state index >= 15 is 0 Å². The van der Waals surface area contributed by atoms with Gasteiger partial charge in [0, 0.05) is 17.3 Å². The molecular formula is C30H39N5O5. The number of fused-ring (bicyclic) bond motifs is 3. The highest BCUT2D eigenvalue weighted by Gasteiger charge is 2.45. The highest BCUT2D eigenvalue weighted by molar-refractivity contribution is 5.90. The maximum Gasteiger partial charge on any atom is 0.412 e. The first-order valence-electron chi connectivity index (χ1n) is 14.0. The Morgan fingerprint density at radius 1 is 1.05 bits per heavy atom. The zero-order valence-corrected chi connectivity index (χ0v) is 22.9. The number of H-pyrrole nitrogens is 1. The van der Waals surface area contributed by atoms with Crippen LogP contribution in [0.3, 0.4) is 0 Å². The van der Waals surface area contributed by atoms with Gasteiger partial charge in [0.2, 0.25) is 5.91 Å². The zero-order chi connectivity index (χ0) is 28.5. The van der Waals surface area contributed by atoms with Crippen LogP contribution in [0.5, 0.6) is 0 Å². The van der Waals surface area contributed by atoms with Crippen LogP contribution in [-0.4, -0.2) is 53.1 Å². The molecule has 10 nitrogen and oxygen atoms in total. The van der Waals surface area contributed by atoms with E-state index in [1.165, 1.54) is 4.90 Å². The van der Waals surface area contributed by atoms with Crippen LogP contribution < -0.4 is 16.8 Å². The fourth-order valence-corrected chi connectivity index (χ4v) is 4.94. The van der Waals surface area contributed by atoms with Crippen LogP contribution in [0, 0.1) is 0 Å². The minimum absolute atomic E-state index is 0.0542. The summed E-state index contributed by atoms with van der Waals surface area (Å²) >= 11 is 0. The summed E-state index contributed by atoms with van der Waals surface area (Å²) < 4.78 is 11.3. The Morgan fingerprint density at radius 3 is 2.55 bits per heavy atom. The number of rotatable bonds is 12. The number of hydrogen-bond acceptors (Lipinski definition) is 7. The summed E-state index contributed by atoms with van der Waals surface area (Å²) in [4.78, 5) is 45.0. The number of carbonyl (C=O) groups excluding carboxylic acids is 3. The molecule has 214 valence electrons. The molecule has 10 heteroatoms. The predicted octanol–water partition coefficient (Wildman–Crippen LogP) is 3.65. The van der Waals surface area contributed by atoms with Gasteiger partial charge in [0.15, 0.2) is 0 Å². The van der Waals surface area contributed by atoms with E-state index < -0.39 is 36.2 Å². The topological polar surface area (TPSA) is 153 Å². The summed E-state index contributed by atoms with van der Waals surface area (Å²) in [5.74, 6) is -1.02. The lowest BCUT2D eigenvalue weighted by Gasteiger charge is -2.40. The van der Waals surface area contributed by atoms with Gasteiger partial charge in [-0.2, -0.15) is 0 Å². The second-order valence-electron chi connectivity index (χ2n) is 10.1. The van der Waals surface area contributed by atoms with E-state index in [0.29, 0.717) is 31.5 Å². The quantitative estimate of drug-likeness (QED) is 0.199. The molecule has 0 fully saturated rings. The molecule has 1 aliphatic heterocycles.